The number of fused-ring (bicyclic) bond motifs is 1. The fraction of sp³-hybridized carbons (Fsp3) is 0.0667. The zero-order valence-electron chi connectivity index (χ0n) is 11.4. The van der Waals surface area contributed by atoms with Crippen molar-refractivity contribution in [3.8, 4) is 5.75 Å². The molecule has 0 saturated carbocycles. The third-order valence-electron chi connectivity index (χ3n) is 2.99. The normalized spacial score (nSPS) is 10.7. The highest BCUT2D eigenvalue weighted by Crippen LogP contribution is 2.30. The molecule has 4 nitrogen and oxygen atoms in total. The number of thiazole rings is 1. The molecule has 1 aromatic heterocycles. The summed E-state index contributed by atoms with van der Waals surface area (Å²) in [4.78, 5) is 16.7. The number of hydrogen-bond acceptors (Lipinski definition) is 4. The molecule has 0 bridgehead atoms. The Labute approximate surface area is 149 Å². The Bertz CT molecular complexity index is 866. The van der Waals surface area contributed by atoms with Gasteiger partial charge in [-0.2, -0.15) is 0 Å². The summed E-state index contributed by atoms with van der Waals surface area (Å²) in [5.41, 5.74) is 1.25. The number of benzene rings is 2. The van der Waals surface area contributed by atoms with Gasteiger partial charge in [-0.1, -0.05) is 22.9 Å². The van der Waals surface area contributed by atoms with Crippen molar-refractivity contribution >= 4 is 66.8 Å². The molecule has 2 aromatic carbocycles. The number of hydrogen-bond donors (Lipinski definition) is 1. The second-order valence-electron chi connectivity index (χ2n) is 4.43. The number of nitrogens with one attached hydrogen (secondary N) is 1. The van der Waals surface area contributed by atoms with Crippen molar-refractivity contribution in [2.75, 3.05) is 12.4 Å². The number of amides is 1. The van der Waals surface area contributed by atoms with E-state index < -0.39 is 0 Å². The summed E-state index contributed by atoms with van der Waals surface area (Å²) in [6, 6.07) is 10.9. The van der Waals surface area contributed by atoms with E-state index in [0.717, 1.165) is 19.5 Å². The SMILES string of the molecule is COc1ccc2nc(NC(=O)c3cc(I)ccc3Cl)sc2c1. The van der Waals surface area contributed by atoms with Crippen LogP contribution in [-0.4, -0.2) is 18.0 Å². The molecule has 3 rings (SSSR count). The van der Waals surface area contributed by atoms with Crippen LogP contribution in [0.4, 0.5) is 5.13 Å². The standard InChI is InChI=1S/C15H10ClIN2O2S/c1-21-9-3-5-12-13(7-9)22-15(18-12)19-14(20)10-6-8(17)2-4-11(10)16/h2-7H,1H3,(H,18,19,20). The molecule has 0 radical (unpaired) electrons. The van der Waals surface area contributed by atoms with Gasteiger partial charge in [0.25, 0.3) is 5.91 Å². The van der Waals surface area contributed by atoms with E-state index in [9.17, 15) is 4.79 Å². The fourth-order valence-electron chi connectivity index (χ4n) is 1.92. The molecular formula is C15H10ClIN2O2S. The molecule has 1 heterocycles. The number of methoxy groups -OCH3 is 1. The maximum absolute atomic E-state index is 12.3. The zero-order chi connectivity index (χ0) is 15.7. The number of halogens is 2. The molecule has 0 aliphatic rings. The minimum Gasteiger partial charge on any atom is -0.497 e. The van der Waals surface area contributed by atoms with Crippen molar-refractivity contribution in [2.24, 2.45) is 0 Å². The van der Waals surface area contributed by atoms with Crippen LogP contribution in [-0.2, 0) is 0 Å². The number of carbonyl (C=O) groups excluding carboxylic acids is 1. The fourth-order valence-corrected chi connectivity index (χ4v) is 3.51. The molecular weight excluding hydrogens is 435 g/mol. The highest BCUT2D eigenvalue weighted by Gasteiger charge is 2.13. The number of carbonyl (C=O) groups is 1. The molecule has 112 valence electrons. The van der Waals surface area contributed by atoms with E-state index in [2.05, 4.69) is 32.9 Å². The van der Waals surface area contributed by atoms with E-state index in [1.54, 1.807) is 19.2 Å². The molecule has 1 amide bonds. The zero-order valence-corrected chi connectivity index (χ0v) is 15.1. The molecule has 1 N–H and O–H groups in total. The molecule has 0 saturated heterocycles. The Morgan fingerprint density at radius 1 is 1.32 bits per heavy atom. The molecule has 0 atom stereocenters. The molecule has 0 spiro atoms. The Morgan fingerprint density at radius 2 is 2.14 bits per heavy atom. The first-order chi connectivity index (χ1) is 10.6. The first-order valence-electron chi connectivity index (χ1n) is 6.28. The van der Waals surface area contributed by atoms with E-state index in [-0.39, 0.29) is 5.91 Å². The second-order valence-corrected chi connectivity index (χ2v) is 7.11. The Hall–Kier alpha value is -1.38. The van der Waals surface area contributed by atoms with Crippen LogP contribution >= 0.6 is 45.5 Å². The smallest absolute Gasteiger partial charge is 0.258 e. The van der Waals surface area contributed by atoms with Crippen LogP contribution in [0.15, 0.2) is 36.4 Å². The number of aromatic nitrogens is 1. The van der Waals surface area contributed by atoms with Crippen molar-refractivity contribution < 1.29 is 9.53 Å². The minimum absolute atomic E-state index is 0.269. The average molecular weight is 445 g/mol. The summed E-state index contributed by atoms with van der Waals surface area (Å²) in [6.45, 7) is 0. The molecule has 0 aliphatic heterocycles. The van der Waals surface area contributed by atoms with Gasteiger partial charge < -0.3 is 4.74 Å². The van der Waals surface area contributed by atoms with Crippen molar-refractivity contribution in [3.63, 3.8) is 0 Å². The predicted molar refractivity (Wildman–Crippen MR) is 98.3 cm³/mol. The lowest BCUT2D eigenvalue weighted by Crippen LogP contribution is -2.12. The first-order valence-corrected chi connectivity index (χ1v) is 8.55. The molecule has 0 aliphatic carbocycles. The van der Waals surface area contributed by atoms with Gasteiger partial charge in [-0.15, -0.1) is 0 Å². The summed E-state index contributed by atoms with van der Waals surface area (Å²) in [5, 5.41) is 3.74. The van der Waals surface area contributed by atoms with Crippen LogP contribution in [0.5, 0.6) is 5.75 Å². The molecule has 22 heavy (non-hydrogen) atoms. The first kappa shape index (κ1) is 15.5. The van der Waals surface area contributed by atoms with Gasteiger partial charge in [0.1, 0.15) is 5.75 Å². The third-order valence-corrected chi connectivity index (χ3v) is 4.92. The van der Waals surface area contributed by atoms with E-state index in [0.29, 0.717) is 15.7 Å². The quantitative estimate of drug-likeness (QED) is 0.590. The average Bonchev–Trinajstić information content (AvgIpc) is 2.90. The maximum Gasteiger partial charge on any atom is 0.258 e. The number of nitrogens with zero attached hydrogens (tertiary/aromatic N) is 1. The van der Waals surface area contributed by atoms with Gasteiger partial charge in [0.05, 0.1) is 27.9 Å². The molecule has 7 heteroatoms. The van der Waals surface area contributed by atoms with Gasteiger partial charge >= 0.3 is 0 Å². The highest BCUT2D eigenvalue weighted by molar-refractivity contribution is 14.1. The lowest BCUT2D eigenvalue weighted by atomic mass is 10.2. The van der Waals surface area contributed by atoms with Gasteiger partial charge in [0, 0.05) is 3.57 Å². The van der Waals surface area contributed by atoms with Crippen LogP contribution in [0.25, 0.3) is 10.2 Å². The second kappa shape index (κ2) is 6.39. The topological polar surface area (TPSA) is 51.2 Å². The summed E-state index contributed by atoms with van der Waals surface area (Å²) in [7, 11) is 1.61. The van der Waals surface area contributed by atoms with Gasteiger partial charge in [0.15, 0.2) is 5.13 Å². The van der Waals surface area contributed by atoms with Crippen molar-refractivity contribution in [3.05, 3.63) is 50.6 Å². The predicted octanol–water partition coefficient (Wildman–Crippen LogP) is 4.82. The third kappa shape index (κ3) is 3.18. The maximum atomic E-state index is 12.3. The van der Waals surface area contributed by atoms with Gasteiger partial charge in [-0.25, -0.2) is 4.98 Å². The Morgan fingerprint density at radius 3 is 2.91 bits per heavy atom. The molecule has 0 unspecified atom stereocenters. The van der Waals surface area contributed by atoms with Gasteiger partial charge in [-0.3, -0.25) is 10.1 Å². The number of rotatable bonds is 3. The van der Waals surface area contributed by atoms with Crippen LogP contribution in [0.2, 0.25) is 5.02 Å². The van der Waals surface area contributed by atoms with Crippen molar-refractivity contribution in [2.45, 2.75) is 0 Å². The van der Waals surface area contributed by atoms with E-state index >= 15 is 0 Å². The van der Waals surface area contributed by atoms with E-state index in [4.69, 9.17) is 16.3 Å². The van der Waals surface area contributed by atoms with E-state index in [1.807, 2.05) is 24.3 Å². The molecule has 0 fully saturated rings. The van der Waals surface area contributed by atoms with Crippen molar-refractivity contribution in [1.29, 1.82) is 0 Å². The van der Waals surface area contributed by atoms with Crippen LogP contribution < -0.4 is 10.1 Å². The summed E-state index contributed by atoms with van der Waals surface area (Å²) in [6.07, 6.45) is 0. The summed E-state index contributed by atoms with van der Waals surface area (Å²) < 4.78 is 7.08. The lowest BCUT2D eigenvalue weighted by Gasteiger charge is -2.04. The summed E-state index contributed by atoms with van der Waals surface area (Å²) in [5.74, 6) is 0.490. The Balaban J connectivity index is 1.89. The van der Waals surface area contributed by atoms with E-state index in [1.165, 1.54) is 11.3 Å². The van der Waals surface area contributed by atoms with Crippen molar-refractivity contribution in [1.82, 2.24) is 4.98 Å². The number of ether oxygens (including phenoxy) is 1. The molecule has 3 aromatic rings. The lowest BCUT2D eigenvalue weighted by molar-refractivity contribution is 0.102. The highest BCUT2D eigenvalue weighted by atomic mass is 127. The van der Waals surface area contributed by atoms with Gasteiger partial charge in [-0.05, 0) is 59.0 Å². The Kier molecular flexibility index (Phi) is 4.51. The number of anilines is 1. The monoisotopic (exact) mass is 444 g/mol. The minimum atomic E-state index is -0.269. The largest absolute Gasteiger partial charge is 0.497 e. The van der Waals surface area contributed by atoms with Gasteiger partial charge in [0.2, 0.25) is 0 Å². The van der Waals surface area contributed by atoms with Crippen LogP contribution in [0, 0.1) is 3.57 Å². The summed E-state index contributed by atoms with van der Waals surface area (Å²) >= 11 is 9.61. The van der Waals surface area contributed by atoms with Crippen LogP contribution in [0.3, 0.4) is 0 Å². The van der Waals surface area contributed by atoms with Crippen LogP contribution in [0.1, 0.15) is 10.4 Å².